The van der Waals surface area contributed by atoms with Gasteiger partial charge in [0.05, 0.1) is 13.4 Å². The van der Waals surface area contributed by atoms with Crippen LogP contribution in [0.4, 0.5) is 5.69 Å². The Morgan fingerprint density at radius 3 is 2.67 bits per heavy atom. The molecule has 0 aliphatic rings. The van der Waals surface area contributed by atoms with Gasteiger partial charge in [0, 0.05) is 11.9 Å². The van der Waals surface area contributed by atoms with Crippen molar-refractivity contribution < 1.29 is 9.53 Å². The Labute approximate surface area is 103 Å². The van der Waals surface area contributed by atoms with E-state index < -0.39 is 11.5 Å². The van der Waals surface area contributed by atoms with Crippen LogP contribution in [0.2, 0.25) is 0 Å². The quantitative estimate of drug-likeness (QED) is 0.845. The normalized spacial score (nSPS) is 9.83. The highest BCUT2D eigenvalue weighted by Crippen LogP contribution is 2.15. The summed E-state index contributed by atoms with van der Waals surface area (Å²) in [5.74, 6) is 0.182. The van der Waals surface area contributed by atoms with E-state index in [-0.39, 0.29) is 5.56 Å². The molecule has 0 saturated heterocycles. The number of aromatic amines is 1. The van der Waals surface area contributed by atoms with E-state index in [1.54, 1.807) is 31.4 Å². The monoisotopic (exact) mass is 245 g/mol. The zero-order valence-electron chi connectivity index (χ0n) is 9.64. The van der Waals surface area contributed by atoms with Crippen molar-refractivity contribution in [3.63, 3.8) is 0 Å². The summed E-state index contributed by atoms with van der Waals surface area (Å²) in [5.41, 5.74) is 0.0633. The van der Waals surface area contributed by atoms with Gasteiger partial charge in [0.2, 0.25) is 0 Å². The van der Waals surface area contributed by atoms with Crippen LogP contribution in [0.1, 0.15) is 10.4 Å². The van der Waals surface area contributed by atoms with Gasteiger partial charge in [0.25, 0.3) is 11.5 Å². The lowest BCUT2D eigenvalue weighted by Crippen LogP contribution is -2.23. The third-order valence-corrected chi connectivity index (χ3v) is 2.31. The molecule has 0 saturated carbocycles. The highest BCUT2D eigenvalue weighted by molar-refractivity contribution is 6.03. The molecule has 2 aromatic rings. The minimum atomic E-state index is -0.505. The second-order valence-electron chi connectivity index (χ2n) is 3.48. The number of ether oxygens (including phenoxy) is 1. The molecular formula is C12H11N3O3. The number of hydrogen-bond donors (Lipinski definition) is 2. The Balaban J connectivity index is 2.16. The van der Waals surface area contributed by atoms with Crippen molar-refractivity contribution in [3.05, 3.63) is 52.7 Å². The molecule has 92 valence electrons. The number of amides is 1. The number of aromatic nitrogens is 2. The molecule has 1 aromatic heterocycles. The third kappa shape index (κ3) is 2.54. The lowest BCUT2D eigenvalue weighted by atomic mass is 10.2. The Hall–Kier alpha value is -2.63. The Bertz CT molecular complexity index is 604. The largest absolute Gasteiger partial charge is 0.497 e. The molecule has 6 heteroatoms. The van der Waals surface area contributed by atoms with Gasteiger partial charge in [-0.05, 0) is 24.3 Å². The SMILES string of the molecule is COc1ccc(NC(=O)c2cnc[nH]c2=O)cc1. The van der Waals surface area contributed by atoms with Crippen LogP contribution in [0.25, 0.3) is 0 Å². The number of benzene rings is 1. The number of hydrogen-bond acceptors (Lipinski definition) is 4. The van der Waals surface area contributed by atoms with Crippen LogP contribution < -0.4 is 15.6 Å². The molecule has 2 N–H and O–H groups in total. The first-order chi connectivity index (χ1) is 8.70. The second kappa shape index (κ2) is 5.13. The summed E-state index contributed by atoms with van der Waals surface area (Å²) in [6.45, 7) is 0. The molecule has 0 radical (unpaired) electrons. The Morgan fingerprint density at radius 2 is 2.06 bits per heavy atom. The number of methoxy groups -OCH3 is 1. The molecule has 0 bridgehead atoms. The molecule has 0 spiro atoms. The van der Waals surface area contributed by atoms with E-state index in [2.05, 4.69) is 15.3 Å². The van der Waals surface area contributed by atoms with Crippen molar-refractivity contribution in [3.8, 4) is 5.75 Å². The minimum Gasteiger partial charge on any atom is -0.497 e. The molecule has 0 atom stereocenters. The average molecular weight is 245 g/mol. The lowest BCUT2D eigenvalue weighted by molar-refractivity contribution is 0.102. The number of nitrogens with one attached hydrogen (secondary N) is 2. The van der Waals surface area contributed by atoms with E-state index in [1.165, 1.54) is 12.5 Å². The summed E-state index contributed by atoms with van der Waals surface area (Å²) in [5, 5.41) is 2.60. The Morgan fingerprint density at radius 1 is 1.33 bits per heavy atom. The molecular weight excluding hydrogens is 234 g/mol. The number of anilines is 1. The fourth-order valence-corrected chi connectivity index (χ4v) is 1.38. The summed E-state index contributed by atoms with van der Waals surface area (Å²) in [6.07, 6.45) is 2.45. The maximum Gasteiger partial charge on any atom is 0.263 e. The smallest absolute Gasteiger partial charge is 0.263 e. The summed E-state index contributed by atoms with van der Waals surface area (Å²) < 4.78 is 5.00. The van der Waals surface area contributed by atoms with Crippen molar-refractivity contribution in [1.29, 1.82) is 0 Å². The average Bonchev–Trinajstić information content (AvgIpc) is 2.40. The zero-order chi connectivity index (χ0) is 13.0. The summed E-state index contributed by atoms with van der Waals surface area (Å²) in [7, 11) is 1.56. The van der Waals surface area contributed by atoms with Gasteiger partial charge in [-0.25, -0.2) is 4.98 Å². The molecule has 2 rings (SSSR count). The van der Waals surface area contributed by atoms with Gasteiger partial charge in [0.15, 0.2) is 0 Å². The molecule has 1 heterocycles. The molecule has 0 aliphatic carbocycles. The number of carbonyl (C=O) groups excluding carboxylic acids is 1. The van der Waals surface area contributed by atoms with Gasteiger partial charge in [-0.1, -0.05) is 0 Å². The molecule has 0 unspecified atom stereocenters. The van der Waals surface area contributed by atoms with Crippen molar-refractivity contribution in [2.24, 2.45) is 0 Å². The maximum atomic E-state index is 11.8. The number of rotatable bonds is 3. The number of carbonyl (C=O) groups is 1. The van der Waals surface area contributed by atoms with Crippen LogP contribution in [0.3, 0.4) is 0 Å². The maximum absolute atomic E-state index is 11.8. The fourth-order valence-electron chi connectivity index (χ4n) is 1.38. The van der Waals surface area contributed by atoms with E-state index in [0.717, 1.165) is 0 Å². The van der Waals surface area contributed by atoms with E-state index in [1.807, 2.05) is 0 Å². The molecule has 1 amide bonds. The van der Waals surface area contributed by atoms with Gasteiger partial charge in [-0.15, -0.1) is 0 Å². The topological polar surface area (TPSA) is 84.1 Å². The number of nitrogens with zero attached hydrogens (tertiary/aromatic N) is 1. The standard InChI is InChI=1S/C12H11N3O3/c1-18-9-4-2-8(3-5-9)15-12(17)10-6-13-7-14-11(10)16/h2-7H,1H3,(H,15,17)(H,13,14,16). The molecule has 1 aromatic carbocycles. The van der Waals surface area contributed by atoms with Gasteiger partial charge in [-0.2, -0.15) is 0 Å². The first kappa shape index (κ1) is 11.8. The van der Waals surface area contributed by atoms with Crippen molar-refractivity contribution in [2.45, 2.75) is 0 Å². The minimum absolute atomic E-state index is 0.0340. The number of H-pyrrole nitrogens is 1. The van der Waals surface area contributed by atoms with Crippen LogP contribution in [0.15, 0.2) is 41.6 Å². The fraction of sp³-hybridized carbons (Fsp3) is 0.0833. The molecule has 0 fully saturated rings. The summed E-state index contributed by atoms with van der Waals surface area (Å²) >= 11 is 0. The predicted octanol–water partition coefficient (Wildman–Crippen LogP) is 1.03. The van der Waals surface area contributed by atoms with E-state index in [9.17, 15) is 9.59 Å². The zero-order valence-corrected chi connectivity index (χ0v) is 9.64. The van der Waals surface area contributed by atoms with Crippen molar-refractivity contribution >= 4 is 11.6 Å². The van der Waals surface area contributed by atoms with Crippen molar-refractivity contribution in [2.75, 3.05) is 12.4 Å². The first-order valence-electron chi connectivity index (χ1n) is 5.19. The highest BCUT2D eigenvalue weighted by atomic mass is 16.5. The van der Waals surface area contributed by atoms with Crippen LogP contribution in [-0.2, 0) is 0 Å². The third-order valence-electron chi connectivity index (χ3n) is 2.31. The van der Waals surface area contributed by atoms with Crippen LogP contribution in [0, 0.1) is 0 Å². The van der Waals surface area contributed by atoms with E-state index in [4.69, 9.17) is 4.74 Å². The highest BCUT2D eigenvalue weighted by Gasteiger charge is 2.10. The van der Waals surface area contributed by atoms with E-state index >= 15 is 0 Å². The van der Waals surface area contributed by atoms with Gasteiger partial charge in [-0.3, -0.25) is 9.59 Å². The van der Waals surface area contributed by atoms with Crippen LogP contribution >= 0.6 is 0 Å². The Kier molecular flexibility index (Phi) is 3.38. The molecule has 0 aliphatic heterocycles. The van der Waals surface area contributed by atoms with Crippen LogP contribution in [-0.4, -0.2) is 23.0 Å². The van der Waals surface area contributed by atoms with E-state index in [0.29, 0.717) is 11.4 Å². The van der Waals surface area contributed by atoms with Gasteiger partial charge in [0.1, 0.15) is 11.3 Å². The first-order valence-corrected chi connectivity index (χ1v) is 5.19. The second-order valence-corrected chi connectivity index (χ2v) is 3.48. The van der Waals surface area contributed by atoms with Crippen LogP contribution in [0.5, 0.6) is 5.75 Å². The summed E-state index contributed by atoms with van der Waals surface area (Å²) in [4.78, 5) is 29.2. The van der Waals surface area contributed by atoms with Gasteiger partial charge < -0.3 is 15.0 Å². The predicted molar refractivity (Wildman–Crippen MR) is 65.8 cm³/mol. The molecule has 18 heavy (non-hydrogen) atoms. The lowest BCUT2D eigenvalue weighted by Gasteiger charge is -2.05. The van der Waals surface area contributed by atoms with Crippen molar-refractivity contribution in [1.82, 2.24) is 9.97 Å². The van der Waals surface area contributed by atoms with Gasteiger partial charge >= 0.3 is 0 Å². The summed E-state index contributed by atoms with van der Waals surface area (Å²) in [6, 6.07) is 6.79. The molecule has 6 nitrogen and oxygen atoms in total.